The molecule has 0 aromatic carbocycles. The Labute approximate surface area is 126 Å². The Morgan fingerprint density at radius 1 is 1.30 bits per heavy atom. The number of ether oxygens (including phenoxy) is 1. The summed E-state index contributed by atoms with van der Waals surface area (Å²) in [5.41, 5.74) is -0.717. The van der Waals surface area contributed by atoms with E-state index < -0.39 is 5.60 Å². The highest BCUT2D eigenvalue weighted by atomic mass is 16.6. The van der Waals surface area contributed by atoms with E-state index in [0.29, 0.717) is 12.0 Å². The monoisotopic (exact) mass is 285 g/mol. The number of carbonyl (C=O) groups is 1. The normalized spacial score (nSPS) is 27.8. The van der Waals surface area contributed by atoms with Gasteiger partial charge < -0.3 is 9.64 Å². The van der Waals surface area contributed by atoms with Crippen LogP contribution in [0.4, 0.5) is 0 Å². The Hall–Kier alpha value is -0.570. The van der Waals surface area contributed by atoms with Crippen LogP contribution in [-0.2, 0) is 9.53 Å². The molecule has 2 unspecified atom stereocenters. The highest BCUT2D eigenvalue weighted by Gasteiger charge is 2.43. The second-order valence-corrected chi connectivity index (χ2v) is 7.31. The number of piperidine rings is 1. The molecule has 2 atom stereocenters. The molecule has 1 saturated heterocycles. The number of nitrogens with zero attached hydrogens (tertiary/aromatic N) is 1. The lowest BCUT2D eigenvalue weighted by atomic mass is 9.74. The average molecular weight is 285 g/mol. The molecular formula is C17H35NO2. The third kappa shape index (κ3) is 5.43. The zero-order chi connectivity index (χ0) is 16.1. The summed E-state index contributed by atoms with van der Waals surface area (Å²) in [6.45, 7) is 17.3. The SMILES string of the molecule is CC.CC(C)C1CC(C)(C(=O)OC(C)(C)C)CCN1C. The minimum Gasteiger partial charge on any atom is -0.460 e. The van der Waals surface area contributed by atoms with Crippen molar-refractivity contribution in [3.8, 4) is 0 Å². The van der Waals surface area contributed by atoms with Gasteiger partial charge in [0.25, 0.3) is 0 Å². The van der Waals surface area contributed by atoms with Crippen molar-refractivity contribution >= 4 is 5.97 Å². The molecule has 0 aromatic rings. The molecule has 0 N–H and O–H groups in total. The number of esters is 1. The highest BCUT2D eigenvalue weighted by molar-refractivity contribution is 5.77. The number of carbonyl (C=O) groups excluding carboxylic acids is 1. The van der Waals surface area contributed by atoms with Crippen molar-refractivity contribution in [1.29, 1.82) is 0 Å². The van der Waals surface area contributed by atoms with Gasteiger partial charge in [0.05, 0.1) is 5.41 Å². The van der Waals surface area contributed by atoms with E-state index >= 15 is 0 Å². The predicted molar refractivity (Wildman–Crippen MR) is 85.8 cm³/mol. The minimum atomic E-state index is -0.392. The van der Waals surface area contributed by atoms with Crippen LogP contribution >= 0.6 is 0 Å². The minimum absolute atomic E-state index is 0.0336. The van der Waals surface area contributed by atoms with E-state index in [1.807, 2.05) is 34.6 Å². The topological polar surface area (TPSA) is 29.5 Å². The molecule has 1 fully saturated rings. The first-order valence-corrected chi connectivity index (χ1v) is 7.99. The first-order chi connectivity index (χ1) is 9.05. The van der Waals surface area contributed by atoms with E-state index in [1.54, 1.807) is 0 Å². The number of hydrogen-bond donors (Lipinski definition) is 0. The van der Waals surface area contributed by atoms with E-state index in [-0.39, 0.29) is 11.4 Å². The van der Waals surface area contributed by atoms with Crippen molar-refractivity contribution in [2.75, 3.05) is 13.6 Å². The Bertz CT molecular complexity index is 307. The fraction of sp³-hybridized carbons (Fsp3) is 0.941. The molecule has 1 aliphatic rings. The van der Waals surface area contributed by atoms with Gasteiger partial charge in [-0.15, -0.1) is 0 Å². The summed E-state index contributed by atoms with van der Waals surface area (Å²) in [6, 6.07) is 0.469. The smallest absolute Gasteiger partial charge is 0.312 e. The molecule has 20 heavy (non-hydrogen) atoms. The van der Waals surface area contributed by atoms with Crippen molar-refractivity contribution in [3.05, 3.63) is 0 Å². The molecule has 3 heteroatoms. The van der Waals surface area contributed by atoms with Crippen LogP contribution in [0, 0.1) is 11.3 Å². The molecule has 0 spiro atoms. The fourth-order valence-electron chi connectivity index (χ4n) is 2.64. The Morgan fingerprint density at radius 2 is 1.80 bits per heavy atom. The first kappa shape index (κ1) is 19.4. The number of rotatable bonds is 2. The zero-order valence-electron chi connectivity index (χ0n) is 15.0. The fourth-order valence-corrected chi connectivity index (χ4v) is 2.64. The number of likely N-dealkylation sites (tertiary alicyclic amines) is 1. The molecular weight excluding hydrogens is 250 g/mol. The molecule has 1 heterocycles. The van der Waals surface area contributed by atoms with Gasteiger partial charge in [-0.2, -0.15) is 0 Å². The van der Waals surface area contributed by atoms with Crippen LogP contribution in [0.15, 0.2) is 0 Å². The standard InChI is InChI=1S/C15H29NO2.C2H6/c1-11(2)12-10-15(6,8-9-16(12)7)13(17)18-14(3,4)5;1-2/h11-12H,8-10H2,1-7H3;1-2H3. The van der Waals surface area contributed by atoms with Crippen LogP contribution in [0.1, 0.15) is 68.2 Å². The average Bonchev–Trinajstić information content (AvgIpc) is 2.32. The van der Waals surface area contributed by atoms with Crippen molar-refractivity contribution in [3.63, 3.8) is 0 Å². The van der Waals surface area contributed by atoms with E-state index in [1.165, 1.54) is 0 Å². The first-order valence-electron chi connectivity index (χ1n) is 7.99. The Morgan fingerprint density at radius 3 is 2.20 bits per heavy atom. The summed E-state index contributed by atoms with van der Waals surface area (Å²) in [6.07, 6.45) is 1.79. The van der Waals surface area contributed by atoms with Gasteiger partial charge in [-0.1, -0.05) is 27.7 Å². The lowest BCUT2D eigenvalue weighted by molar-refractivity contribution is -0.171. The third-order valence-electron chi connectivity index (χ3n) is 3.90. The maximum absolute atomic E-state index is 12.4. The molecule has 0 saturated carbocycles. The summed E-state index contributed by atoms with van der Waals surface area (Å²) in [5, 5.41) is 0. The van der Waals surface area contributed by atoms with E-state index in [4.69, 9.17) is 4.74 Å². The van der Waals surface area contributed by atoms with Crippen molar-refractivity contribution in [2.45, 2.75) is 79.9 Å². The lowest BCUT2D eigenvalue weighted by Gasteiger charge is -2.44. The molecule has 0 amide bonds. The molecule has 3 nitrogen and oxygen atoms in total. The molecule has 0 aromatic heterocycles. The third-order valence-corrected chi connectivity index (χ3v) is 3.90. The van der Waals surface area contributed by atoms with Gasteiger partial charge in [-0.25, -0.2) is 0 Å². The van der Waals surface area contributed by atoms with E-state index in [2.05, 4.69) is 32.7 Å². The molecule has 0 aliphatic carbocycles. The van der Waals surface area contributed by atoms with Crippen LogP contribution in [0.2, 0.25) is 0 Å². The van der Waals surface area contributed by atoms with Crippen molar-refractivity contribution in [1.82, 2.24) is 4.90 Å². The highest BCUT2D eigenvalue weighted by Crippen LogP contribution is 2.38. The summed E-state index contributed by atoms with van der Waals surface area (Å²) in [5.74, 6) is 0.533. The summed E-state index contributed by atoms with van der Waals surface area (Å²) in [7, 11) is 2.15. The van der Waals surface area contributed by atoms with Gasteiger partial charge in [-0.05, 0) is 60.0 Å². The van der Waals surface area contributed by atoms with E-state index in [9.17, 15) is 4.79 Å². The van der Waals surface area contributed by atoms with E-state index in [0.717, 1.165) is 19.4 Å². The van der Waals surface area contributed by atoms with Crippen molar-refractivity contribution < 1.29 is 9.53 Å². The van der Waals surface area contributed by atoms with Crippen LogP contribution in [0.3, 0.4) is 0 Å². The van der Waals surface area contributed by atoms with Crippen LogP contribution < -0.4 is 0 Å². The summed E-state index contributed by atoms with van der Waals surface area (Å²) < 4.78 is 5.59. The van der Waals surface area contributed by atoms with Gasteiger partial charge in [0.1, 0.15) is 5.60 Å². The van der Waals surface area contributed by atoms with Gasteiger partial charge in [0, 0.05) is 6.04 Å². The Balaban J connectivity index is 0.00000172. The zero-order valence-corrected chi connectivity index (χ0v) is 15.0. The molecule has 1 rings (SSSR count). The second-order valence-electron chi connectivity index (χ2n) is 7.31. The van der Waals surface area contributed by atoms with Crippen LogP contribution in [0.5, 0.6) is 0 Å². The van der Waals surface area contributed by atoms with Gasteiger partial charge >= 0.3 is 5.97 Å². The predicted octanol–water partition coefficient (Wildman–Crippen LogP) is 4.11. The van der Waals surface area contributed by atoms with Gasteiger partial charge in [0.2, 0.25) is 0 Å². The van der Waals surface area contributed by atoms with Gasteiger partial charge in [-0.3, -0.25) is 4.79 Å². The lowest BCUT2D eigenvalue weighted by Crippen LogP contribution is -2.50. The molecule has 0 radical (unpaired) electrons. The molecule has 1 aliphatic heterocycles. The molecule has 0 bridgehead atoms. The molecule has 120 valence electrons. The largest absolute Gasteiger partial charge is 0.460 e. The number of hydrogen-bond acceptors (Lipinski definition) is 3. The van der Waals surface area contributed by atoms with Crippen molar-refractivity contribution in [2.24, 2.45) is 11.3 Å². The maximum Gasteiger partial charge on any atom is 0.312 e. The van der Waals surface area contributed by atoms with Crippen LogP contribution in [-0.4, -0.2) is 36.1 Å². The summed E-state index contributed by atoms with van der Waals surface area (Å²) >= 11 is 0. The maximum atomic E-state index is 12.4. The second kappa shape index (κ2) is 7.44. The van der Waals surface area contributed by atoms with Gasteiger partial charge in [0.15, 0.2) is 0 Å². The Kier molecular flexibility index (Phi) is 7.23. The van der Waals surface area contributed by atoms with Crippen LogP contribution in [0.25, 0.3) is 0 Å². The quantitative estimate of drug-likeness (QED) is 0.715. The summed E-state index contributed by atoms with van der Waals surface area (Å²) in [4.78, 5) is 14.7.